The predicted octanol–water partition coefficient (Wildman–Crippen LogP) is 4.78. The van der Waals surface area contributed by atoms with Crippen molar-refractivity contribution in [1.82, 2.24) is 0 Å². The number of hydrogen-bond donors (Lipinski definition) is 0. The van der Waals surface area contributed by atoms with E-state index >= 15 is 0 Å². The molecule has 1 radical (unpaired) electrons. The van der Waals surface area contributed by atoms with E-state index in [0.29, 0.717) is 17.6 Å². The molecule has 0 aromatic rings. The van der Waals surface area contributed by atoms with Gasteiger partial charge in [-0.25, -0.2) is 0 Å². The van der Waals surface area contributed by atoms with Gasteiger partial charge in [0.2, 0.25) is 0 Å². The Kier molecular flexibility index (Phi) is 3.64. The zero-order valence-corrected chi connectivity index (χ0v) is 15.4. The van der Waals surface area contributed by atoms with Crippen molar-refractivity contribution in [2.45, 2.75) is 65.7 Å². The van der Waals surface area contributed by atoms with E-state index in [2.05, 4.69) is 20.8 Å². The normalized spacial score (nSPS) is 50.6. The second kappa shape index (κ2) is 5.29. The first-order valence-electron chi connectivity index (χ1n) is 9.86. The highest BCUT2D eigenvalue weighted by Gasteiger charge is 2.60. The van der Waals surface area contributed by atoms with Gasteiger partial charge in [0.1, 0.15) is 5.78 Å². The highest BCUT2D eigenvalue weighted by Crippen LogP contribution is 2.66. The van der Waals surface area contributed by atoms with Gasteiger partial charge in [0.05, 0.1) is 0 Å². The first kappa shape index (κ1) is 16.5. The van der Waals surface area contributed by atoms with Crippen LogP contribution in [0.4, 0.5) is 0 Å². The molecule has 0 bridgehead atoms. The van der Waals surface area contributed by atoms with E-state index in [1.165, 1.54) is 31.3 Å². The average Bonchev–Trinajstić information content (AvgIpc) is 2.86. The lowest BCUT2D eigenvalue weighted by molar-refractivity contribution is -0.129. The van der Waals surface area contributed by atoms with Crippen LogP contribution in [0.1, 0.15) is 65.7 Å². The maximum atomic E-state index is 12.2. The van der Waals surface area contributed by atoms with Crippen LogP contribution in [0.2, 0.25) is 0 Å². The van der Waals surface area contributed by atoms with Crippen LogP contribution >= 0.6 is 0 Å². The molecule has 0 aliphatic heterocycles. The second-order valence-electron chi connectivity index (χ2n) is 9.59. The highest BCUT2D eigenvalue weighted by molar-refractivity contribution is 5.94. The minimum Gasteiger partial charge on any atom is -0.300 e. The summed E-state index contributed by atoms with van der Waals surface area (Å²) in [5.74, 6) is 2.96. The molecular weight excluding hydrogens is 296 g/mol. The van der Waals surface area contributed by atoms with Crippen LogP contribution in [0.3, 0.4) is 0 Å². The molecule has 0 amide bonds. The molecular formula is C22H31O2. The van der Waals surface area contributed by atoms with Crippen molar-refractivity contribution in [2.24, 2.45) is 40.4 Å². The van der Waals surface area contributed by atoms with Crippen LogP contribution in [0.15, 0.2) is 11.6 Å². The van der Waals surface area contributed by atoms with Crippen molar-refractivity contribution in [3.8, 4) is 0 Å². The fourth-order valence-electron chi connectivity index (χ4n) is 7.42. The van der Waals surface area contributed by atoms with Crippen molar-refractivity contribution < 1.29 is 9.59 Å². The summed E-state index contributed by atoms with van der Waals surface area (Å²) in [6, 6.07) is 0. The van der Waals surface area contributed by atoms with Gasteiger partial charge in [-0.2, -0.15) is 0 Å². The Labute approximate surface area is 146 Å². The zero-order chi connectivity index (χ0) is 17.3. The molecule has 0 heterocycles. The molecule has 24 heavy (non-hydrogen) atoms. The fraction of sp³-hybridized carbons (Fsp3) is 0.773. The predicted molar refractivity (Wildman–Crippen MR) is 95.1 cm³/mol. The maximum Gasteiger partial charge on any atom is 0.158 e. The molecule has 0 aromatic heterocycles. The lowest BCUT2D eigenvalue weighted by atomic mass is 9.46. The summed E-state index contributed by atoms with van der Waals surface area (Å²) in [4.78, 5) is 24.3. The maximum absolute atomic E-state index is 12.2. The molecule has 0 N–H and O–H groups in total. The Bertz CT molecular complexity index is 617. The largest absolute Gasteiger partial charge is 0.300 e. The Hall–Kier alpha value is -0.920. The fourth-order valence-corrected chi connectivity index (χ4v) is 7.42. The summed E-state index contributed by atoms with van der Waals surface area (Å²) < 4.78 is 0. The Balaban J connectivity index is 1.68. The van der Waals surface area contributed by atoms with Gasteiger partial charge in [-0.15, -0.1) is 0 Å². The van der Waals surface area contributed by atoms with Gasteiger partial charge in [-0.1, -0.05) is 19.4 Å². The van der Waals surface area contributed by atoms with Gasteiger partial charge in [0, 0.05) is 11.8 Å². The van der Waals surface area contributed by atoms with Crippen molar-refractivity contribution in [3.63, 3.8) is 0 Å². The van der Waals surface area contributed by atoms with E-state index in [0.717, 1.165) is 25.2 Å². The summed E-state index contributed by atoms with van der Waals surface area (Å²) in [5, 5.41) is 0. The van der Waals surface area contributed by atoms with Gasteiger partial charge in [-0.3, -0.25) is 9.59 Å². The summed E-state index contributed by atoms with van der Waals surface area (Å²) >= 11 is 0. The molecule has 4 aliphatic carbocycles. The third kappa shape index (κ3) is 2.07. The zero-order valence-electron chi connectivity index (χ0n) is 15.4. The third-order valence-electron chi connectivity index (χ3n) is 8.62. The third-order valence-corrected chi connectivity index (χ3v) is 8.62. The van der Waals surface area contributed by atoms with Crippen LogP contribution < -0.4 is 0 Å². The summed E-state index contributed by atoms with van der Waals surface area (Å²) in [5.41, 5.74) is 1.79. The molecule has 0 aromatic carbocycles. The van der Waals surface area contributed by atoms with Crippen molar-refractivity contribution in [1.29, 1.82) is 0 Å². The molecule has 0 spiro atoms. The smallest absolute Gasteiger partial charge is 0.158 e. The Morgan fingerprint density at radius 2 is 1.92 bits per heavy atom. The number of hydrogen-bond acceptors (Lipinski definition) is 2. The summed E-state index contributed by atoms with van der Waals surface area (Å²) in [6.45, 7) is 10.7. The number of ketones is 2. The van der Waals surface area contributed by atoms with E-state index < -0.39 is 0 Å². The Morgan fingerprint density at radius 3 is 2.62 bits per heavy atom. The number of fused-ring (bicyclic) bond motifs is 5. The number of Topliss-reactive ketones (excluding diaryl/α,β-unsaturated/α-hetero) is 1. The van der Waals surface area contributed by atoms with Crippen molar-refractivity contribution in [2.75, 3.05) is 0 Å². The van der Waals surface area contributed by atoms with Crippen LogP contribution in [-0.2, 0) is 9.59 Å². The molecule has 4 aliphatic rings. The van der Waals surface area contributed by atoms with E-state index in [1.54, 1.807) is 6.92 Å². The molecule has 4 rings (SSSR count). The van der Waals surface area contributed by atoms with Crippen molar-refractivity contribution in [3.05, 3.63) is 18.6 Å². The van der Waals surface area contributed by atoms with Gasteiger partial charge in [0.25, 0.3) is 0 Å². The van der Waals surface area contributed by atoms with Gasteiger partial charge in [0.15, 0.2) is 5.78 Å². The molecule has 1 unspecified atom stereocenters. The number of rotatable bonds is 1. The Morgan fingerprint density at radius 1 is 1.17 bits per heavy atom. The standard InChI is InChI=1S/C22H31O2/c1-13-12-22(4)15(11-20(13)24)5-6-16-18-8-7-17(14(2)23)21(18,3)10-9-19(16)22/h11,13,16-19H,1,5-10,12H2,2-4H3/t13?,16-,17+,18-,19-,21+,22-/m0/s1. The minimum atomic E-state index is -0.0700. The first-order valence-corrected chi connectivity index (χ1v) is 9.86. The second-order valence-corrected chi connectivity index (χ2v) is 9.59. The van der Waals surface area contributed by atoms with E-state index in [9.17, 15) is 9.59 Å². The average molecular weight is 327 g/mol. The quantitative estimate of drug-likeness (QED) is 0.694. The van der Waals surface area contributed by atoms with Crippen LogP contribution in [0, 0.1) is 47.3 Å². The number of carbonyl (C=O) groups excluding carboxylic acids is 2. The van der Waals surface area contributed by atoms with Crippen molar-refractivity contribution >= 4 is 11.6 Å². The topological polar surface area (TPSA) is 34.1 Å². The molecule has 3 fully saturated rings. The lowest BCUT2D eigenvalue weighted by Gasteiger charge is -2.58. The van der Waals surface area contributed by atoms with Gasteiger partial charge < -0.3 is 0 Å². The van der Waals surface area contributed by atoms with Crippen LogP contribution in [0.5, 0.6) is 0 Å². The molecule has 0 saturated heterocycles. The first-order chi connectivity index (χ1) is 11.3. The lowest BCUT2D eigenvalue weighted by Crippen LogP contribution is -2.51. The highest BCUT2D eigenvalue weighted by atomic mass is 16.1. The minimum absolute atomic E-state index is 0.0700. The molecule has 7 atom stereocenters. The van der Waals surface area contributed by atoms with E-state index in [1.807, 2.05) is 6.08 Å². The summed E-state index contributed by atoms with van der Waals surface area (Å²) in [6.07, 6.45) is 9.88. The number of allylic oxidation sites excluding steroid dienone is 1. The monoisotopic (exact) mass is 327 g/mol. The SMILES string of the molecule is [CH2]C1C[C@@]2(C)C(=CC1=O)CC[C@H]1[C@@H]3CC[C@H](C(C)=O)[C@@]3(C)CC[C@@H]12. The van der Waals surface area contributed by atoms with Gasteiger partial charge in [-0.05, 0) is 93.5 Å². The molecule has 2 heteroatoms. The summed E-state index contributed by atoms with van der Waals surface area (Å²) in [7, 11) is 0. The molecule has 131 valence electrons. The number of carbonyl (C=O) groups is 2. The molecule has 3 saturated carbocycles. The van der Waals surface area contributed by atoms with E-state index in [4.69, 9.17) is 0 Å². The van der Waals surface area contributed by atoms with Gasteiger partial charge >= 0.3 is 0 Å². The van der Waals surface area contributed by atoms with Crippen LogP contribution in [0.25, 0.3) is 0 Å². The molecule has 2 nitrogen and oxygen atoms in total. The van der Waals surface area contributed by atoms with Crippen LogP contribution in [-0.4, -0.2) is 11.6 Å². The van der Waals surface area contributed by atoms with E-state index in [-0.39, 0.29) is 28.4 Å².